The first-order valence-electron chi connectivity index (χ1n) is 13.3. The van der Waals surface area contributed by atoms with Gasteiger partial charge in [-0.15, -0.1) is 0 Å². The molecule has 4 aliphatic rings. The van der Waals surface area contributed by atoms with Crippen LogP contribution in [0.4, 0.5) is 11.4 Å². The number of carbonyl (C=O) groups is 2. The van der Waals surface area contributed by atoms with Gasteiger partial charge >= 0.3 is 5.97 Å². The lowest BCUT2D eigenvalue weighted by molar-refractivity contribution is 0.0696. The Morgan fingerprint density at radius 1 is 0.897 bits per heavy atom. The van der Waals surface area contributed by atoms with E-state index in [1.807, 2.05) is 0 Å². The number of anilines is 2. The summed E-state index contributed by atoms with van der Waals surface area (Å²) in [7, 11) is 1.40. The molecule has 39 heavy (non-hydrogen) atoms. The topological polar surface area (TPSA) is 87.9 Å². The number of benzene rings is 3. The number of nitrogens with zero attached hydrogens (tertiary/aromatic N) is 4. The minimum Gasteiger partial charge on any atom is -0.478 e. The van der Waals surface area contributed by atoms with Gasteiger partial charge in [0.05, 0.1) is 5.56 Å². The van der Waals surface area contributed by atoms with E-state index in [-0.39, 0.29) is 11.5 Å². The number of nitriles is 1. The molecule has 4 heterocycles. The molecule has 1 spiro atoms. The standard InChI is InChI=1S/C31H32N4O3S/c1-33-10-8-18-12-23-27(15-25(18)33)39(3,4,5)28-16-26-19(9-11-34(26)2)13-24(28)31(23)22-14-20(30(37)38)6-7-21(22)29(36)35(31)17-32/h6-7,12-16,39H,8-11H2,1-5H3,(H,37,38). The number of aromatic carboxylic acids is 1. The van der Waals surface area contributed by atoms with Gasteiger partial charge in [0, 0.05) is 49.7 Å². The number of thiol groups is 1. The number of carboxylic acids is 1. The zero-order chi connectivity index (χ0) is 27.7. The molecule has 3 aromatic carbocycles. The monoisotopic (exact) mass is 540 g/mol. The maximum atomic E-state index is 14.0. The Morgan fingerprint density at radius 2 is 1.44 bits per heavy atom. The molecule has 0 unspecified atom stereocenters. The van der Waals surface area contributed by atoms with Crippen molar-refractivity contribution in [2.75, 3.05) is 55.8 Å². The lowest BCUT2D eigenvalue weighted by Crippen LogP contribution is -2.47. The summed E-state index contributed by atoms with van der Waals surface area (Å²) in [5.41, 5.74) is 6.51. The molecule has 4 aliphatic heterocycles. The number of hydrogen-bond donors (Lipinski definition) is 2. The van der Waals surface area contributed by atoms with Gasteiger partial charge in [0.2, 0.25) is 0 Å². The molecule has 0 aromatic heterocycles. The van der Waals surface area contributed by atoms with E-state index in [2.05, 4.69) is 73.1 Å². The normalized spacial score (nSPS) is 23.8. The minimum atomic E-state index is -2.82. The van der Waals surface area contributed by atoms with Crippen molar-refractivity contribution in [2.24, 2.45) is 0 Å². The van der Waals surface area contributed by atoms with Crippen molar-refractivity contribution in [3.8, 4) is 6.19 Å². The average Bonchev–Trinajstić information content (AvgIpc) is 3.53. The highest BCUT2D eigenvalue weighted by Gasteiger charge is 2.60. The molecule has 0 fully saturated rings. The third kappa shape index (κ3) is 2.73. The molecule has 3 aromatic rings. The Kier molecular flexibility index (Phi) is 4.43. The molecular weight excluding hydrogens is 508 g/mol. The molecular formula is C31H32N4O3S. The van der Waals surface area contributed by atoms with Gasteiger partial charge in [0.1, 0.15) is 5.54 Å². The summed E-state index contributed by atoms with van der Waals surface area (Å²) >= 11 is 0. The van der Waals surface area contributed by atoms with Crippen molar-refractivity contribution < 1.29 is 14.7 Å². The smallest absolute Gasteiger partial charge is 0.335 e. The zero-order valence-corrected chi connectivity index (χ0v) is 23.8. The van der Waals surface area contributed by atoms with Gasteiger partial charge in [0.25, 0.3) is 5.91 Å². The molecule has 7 rings (SSSR count). The summed E-state index contributed by atoms with van der Waals surface area (Å²) in [5, 5.41) is 20.6. The third-order valence-electron chi connectivity index (χ3n) is 9.64. The number of fused-ring (bicyclic) bond motifs is 8. The Hall–Kier alpha value is -3.96. The molecule has 200 valence electrons. The molecule has 0 bridgehead atoms. The van der Waals surface area contributed by atoms with Crippen molar-refractivity contribution in [3.05, 3.63) is 81.4 Å². The minimum absolute atomic E-state index is 0.109. The van der Waals surface area contributed by atoms with E-state index in [1.54, 1.807) is 12.1 Å². The van der Waals surface area contributed by atoms with Crippen molar-refractivity contribution in [1.29, 1.82) is 5.26 Å². The number of carboxylic acid groups (broad SMARTS) is 1. The highest BCUT2D eigenvalue weighted by molar-refractivity contribution is 8.48. The first kappa shape index (κ1) is 24.1. The van der Waals surface area contributed by atoms with Crippen LogP contribution in [0.25, 0.3) is 0 Å². The number of hydrogen-bond acceptors (Lipinski definition) is 5. The maximum absolute atomic E-state index is 14.0. The number of carbonyl (C=O) groups excluding carboxylic acids is 1. The lowest BCUT2D eigenvalue weighted by atomic mass is 9.75. The fraction of sp³-hybridized carbons (Fsp3) is 0.323. The highest BCUT2D eigenvalue weighted by Crippen LogP contribution is 2.80. The molecule has 8 heteroatoms. The van der Waals surface area contributed by atoms with Crippen LogP contribution < -0.4 is 9.80 Å². The van der Waals surface area contributed by atoms with Crippen LogP contribution in [0.15, 0.2) is 52.3 Å². The van der Waals surface area contributed by atoms with E-state index < -0.39 is 20.7 Å². The fourth-order valence-corrected chi connectivity index (χ4v) is 11.1. The summed E-state index contributed by atoms with van der Waals surface area (Å²) in [5.74, 6) is -1.44. The predicted octanol–water partition coefficient (Wildman–Crippen LogP) is 4.29. The molecule has 1 amide bonds. The maximum Gasteiger partial charge on any atom is 0.335 e. The summed E-state index contributed by atoms with van der Waals surface area (Å²) in [6, 6.07) is 13.7. The van der Waals surface area contributed by atoms with E-state index in [0.717, 1.165) is 37.1 Å². The quantitative estimate of drug-likeness (QED) is 0.354. The van der Waals surface area contributed by atoms with Crippen molar-refractivity contribution in [3.63, 3.8) is 0 Å². The van der Waals surface area contributed by atoms with Crippen LogP contribution in [-0.4, -0.2) is 67.8 Å². The zero-order valence-electron chi connectivity index (χ0n) is 22.9. The summed E-state index contributed by atoms with van der Waals surface area (Å²) < 4.78 is 0. The van der Waals surface area contributed by atoms with E-state index >= 15 is 0 Å². The van der Waals surface area contributed by atoms with Crippen molar-refractivity contribution in [1.82, 2.24) is 4.90 Å². The third-order valence-corrected chi connectivity index (χ3v) is 13.8. The Balaban J connectivity index is 1.71. The largest absolute Gasteiger partial charge is 0.478 e. The molecule has 7 nitrogen and oxygen atoms in total. The first-order chi connectivity index (χ1) is 18.4. The predicted molar refractivity (Wildman–Crippen MR) is 155 cm³/mol. The van der Waals surface area contributed by atoms with E-state index in [1.165, 1.54) is 43.3 Å². The molecule has 0 saturated carbocycles. The molecule has 0 saturated heterocycles. The molecule has 0 aliphatic carbocycles. The summed E-state index contributed by atoms with van der Waals surface area (Å²) in [6.45, 7) is 1.82. The second-order valence-electron chi connectivity index (χ2n) is 12.7. The fourth-order valence-electron chi connectivity index (χ4n) is 7.53. The van der Waals surface area contributed by atoms with Crippen molar-refractivity contribution >= 4 is 32.4 Å². The van der Waals surface area contributed by atoms with Gasteiger partial charge in [0.15, 0.2) is 6.19 Å². The van der Waals surface area contributed by atoms with Gasteiger partial charge in [-0.3, -0.25) is 4.79 Å². The SMILES string of the molecule is CN1CCc2cc3c(cc21)[SH](C)(C)(C)c1cc2c(cc1C31c3cc(C(=O)O)ccc3C(=O)N1C#N)CCN2C. The van der Waals surface area contributed by atoms with Crippen LogP contribution in [0.2, 0.25) is 0 Å². The van der Waals surface area contributed by atoms with E-state index in [9.17, 15) is 20.0 Å². The van der Waals surface area contributed by atoms with Gasteiger partial charge in [-0.05, 0) is 106 Å². The first-order valence-corrected chi connectivity index (χ1v) is 16.9. The molecule has 0 radical (unpaired) electrons. The Morgan fingerprint density at radius 3 is 1.92 bits per heavy atom. The summed E-state index contributed by atoms with van der Waals surface area (Å²) in [4.78, 5) is 34.3. The lowest BCUT2D eigenvalue weighted by Gasteiger charge is -2.61. The highest BCUT2D eigenvalue weighted by atomic mass is 32.3. The van der Waals surface area contributed by atoms with E-state index in [4.69, 9.17) is 0 Å². The van der Waals surface area contributed by atoms with Gasteiger partial charge < -0.3 is 14.9 Å². The van der Waals surface area contributed by atoms with Crippen LogP contribution in [0.5, 0.6) is 0 Å². The van der Waals surface area contributed by atoms with Crippen LogP contribution in [0.1, 0.15) is 48.5 Å². The Labute approximate surface area is 228 Å². The van der Waals surface area contributed by atoms with Crippen LogP contribution in [-0.2, 0) is 18.4 Å². The number of likely N-dealkylation sites (N-methyl/N-ethyl adjacent to an activating group) is 2. The number of rotatable bonds is 1. The van der Waals surface area contributed by atoms with Crippen LogP contribution in [0.3, 0.4) is 0 Å². The van der Waals surface area contributed by atoms with Crippen LogP contribution in [0, 0.1) is 11.5 Å². The van der Waals surface area contributed by atoms with Gasteiger partial charge in [-0.1, -0.05) is 0 Å². The molecule has 0 atom stereocenters. The second-order valence-corrected chi connectivity index (χ2v) is 19.2. The van der Waals surface area contributed by atoms with Gasteiger partial charge in [-0.25, -0.2) is 18.9 Å². The summed E-state index contributed by atoms with van der Waals surface area (Å²) in [6.07, 6.45) is 11.1. The second kappa shape index (κ2) is 7.16. The van der Waals surface area contributed by atoms with E-state index in [0.29, 0.717) is 11.1 Å². The Bertz CT molecular complexity index is 1650. The van der Waals surface area contributed by atoms with Crippen LogP contribution >= 0.6 is 9.16 Å². The molecule has 1 N–H and O–H groups in total. The number of amides is 1. The van der Waals surface area contributed by atoms with Gasteiger partial charge in [-0.2, -0.15) is 5.26 Å². The van der Waals surface area contributed by atoms with Crippen molar-refractivity contribution in [2.45, 2.75) is 28.2 Å². The average molecular weight is 541 g/mol.